The summed E-state index contributed by atoms with van der Waals surface area (Å²) in [7, 11) is -3.69. The molecule has 0 bridgehead atoms. The number of benzene rings is 1. The van der Waals surface area contributed by atoms with Crippen molar-refractivity contribution in [2.24, 2.45) is 5.92 Å². The van der Waals surface area contributed by atoms with Crippen LogP contribution in [0.3, 0.4) is 0 Å². The number of nitrogens with one attached hydrogen (secondary N) is 2. The monoisotopic (exact) mass is 363 g/mol. The molecule has 3 rings (SSSR count). The number of rotatable bonds is 4. The van der Waals surface area contributed by atoms with Crippen LogP contribution >= 0.6 is 11.8 Å². The summed E-state index contributed by atoms with van der Waals surface area (Å²) in [5.74, 6) is 0.449. The maximum Gasteiger partial charge on any atom is 0.240 e. The zero-order valence-electron chi connectivity index (χ0n) is 13.0. The average Bonchev–Trinajstić information content (AvgIpc) is 2.72. The van der Waals surface area contributed by atoms with Gasteiger partial charge in [-0.05, 0) is 30.3 Å². The zero-order chi connectivity index (χ0) is 17.2. The van der Waals surface area contributed by atoms with Gasteiger partial charge in [0.05, 0.1) is 22.8 Å². The second kappa shape index (κ2) is 6.92. The number of aromatic nitrogens is 1. The highest BCUT2D eigenvalue weighted by atomic mass is 32.2. The third-order valence-corrected chi connectivity index (χ3v) is 6.36. The molecule has 1 aliphatic rings. The lowest BCUT2D eigenvalue weighted by atomic mass is 10.2. The SMILES string of the molecule is CC1CSc2ccc(S(=O)(=O)NCc3ccccn3)cc2NC1=O. The van der Waals surface area contributed by atoms with Gasteiger partial charge >= 0.3 is 0 Å². The molecule has 8 heteroatoms. The van der Waals surface area contributed by atoms with Crippen LogP contribution in [0.1, 0.15) is 12.6 Å². The summed E-state index contributed by atoms with van der Waals surface area (Å²) < 4.78 is 27.5. The van der Waals surface area contributed by atoms with Gasteiger partial charge in [0.25, 0.3) is 0 Å². The predicted molar refractivity (Wildman–Crippen MR) is 93.2 cm³/mol. The number of fused-ring (bicyclic) bond motifs is 1. The van der Waals surface area contributed by atoms with Gasteiger partial charge < -0.3 is 5.32 Å². The minimum absolute atomic E-state index is 0.0998. The van der Waals surface area contributed by atoms with E-state index in [1.165, 1.54) is 6.07 Å². The Morgan fingerprint density at radius 2 is 2.17 bits per heavy atom. The maximum absolute atomic E-state index is 12.5. The highest BCUT2D eigenvalue weighted by Gasteiger charge is 2.22. The molecule has 1 unspecified atom stereocenters. The zero-order valence-corrected chi connectivity index (χ0v) is 14.7. The van der Waals surface area contributed by atoms with E-state index in [1.54, 1.807) is 48.3 Å². The van der Waals surface area contributed by atoms with Crippen molar-refractivity contribution in [3.8, 4) is 0 Å². The van der Waals surface area contributed by atoms with E-state index >= 15 is 0 Å². The Morgan fingerprint density at radius 3 is 2.92 bits per heavy atom. The van der Waals surface area contributed by atoms with Crippen molar-refractivity contribution in [1.82, 2.24) is 9.71 Å². The summed E-state index contributed by atoms with van der Waals surface area (Å²) in [6.45, 7) is 1.96. The lowest BCUT2D eigenvalue weighted by molar-refractivity contribution is -0.118. The number of carbonyl (C=O) groups excluding carboxylic acids is 1. The van der Waals surface area contributed by atoms with Gasteiger partial charge in [-0.1, -0.05) is 13.0 Å². The fourth-order valence-corrected chi connectivity index (χ4v) is 4.24. The minimum Gasteiger partial charge on any atom is -0.325 e. The van der Waals surface area contributed by atoms with E-state index < -0.39 is 10.0 Å². The molecule has 1 atom stereocenters. The van der Waals surface area contributed by atoms with Crippen LogP contribution < -0.4 is 10.0 Å². The Hall–Kier alpha value is -1.90. The van der Waals surface area contributed by atoms with Crippen molar-refractivity contribution >= 4 is 33.4 Å². The fourth-order valence-electron chi connectivity index (χ4n) is 2.20. The number of hydrogen-bond donors (Lipinski definition) is 2. The van der Waals surface area contributed by atoms with Crippen molar-refractivity contribution in [2.75, 3.05) is 11.1 Å². The maximum atomic E-state index is 12.5. The van der Waals surface area contributed by atoms with Crippen molar-refractivity contribution in [2.45, 2.75) is 23.3 Å². The summed E-state index contributed by atoms with van der Waals surface area (Å²) >= 11 is 1.54. The van der Waals surface area contributed by atoms with Crippen molar-refractivity contribution < 1.29 is 13.2 Å². The van der Waals surface area contributed by atoms with E-state index in [2.05, 4.69) is 15.0 Å². The Labute approximate surface area is 145 Å². The minimum atomic E-state index is -3.69. The van der Waals surface area contributed by atoms with E-state index in [1.807, 2.05) is 6.92 Å². The summed E-state index contributed by atoms with van der Waals surface area (Å²) in [5.41, 5.74) is 1.17. The van der Waals surface area contributed by atoms with Crippen molar-refractivity contribution in [1.29, 1.82) is 0 Å². The molecule has 2 N–H and O–H groups in total. The van der Waals surface area contributed by atoms with Crippen LogP contribution in [0.2, 0.25) is 0 Å². The molecule has 0 spiro atoms. The van der Waals surface area contributed by atoms with Crippen LogP contribution in [-0.2, 0) is 21.4 Å². The third-order valence-electron chi connectivity index (χ3n) is 3.63. The number of carbonyl (C=O) groups is 1. The number of thioether (sulfide) groups is 1. The molecule has 0 fully saturated rings. The van der Waals surface area contributed by atoms with Gasteiger partial charge in [0.15, 0.2) is 0 Å². The van der Waals surface area contributed by atoms with Gasteiger partial charge in [-0.25, -0.2) is 13.1 Å². The Bertz CT molecular complexity index is 854. The second-order valence-electron chi connectivity index (χ2n) is 5.50. The van der Waals surface area contributed by atoms with Gasteiger partial charge in [-0.2, -0.15) is 0 Å². The van der Waals surface area contributed by atoms with Crippen LogP contribution in [0.5, 0.6) is 0 Å². The fraction of sp³-hybridized carbons (Fsp3) is 0.250. The number of amides is 1. The van der Waals surface area contributed by atoms with Crippen LogP contribution in [0.25, 0.3) is 0 Å². The molecule has 0 radical (unpaired) electrons. The first-order valence-electron chi connectivity index (χ1n) is 7.43. The molecule has 1 aromatic heterocycles. The second-order valence-corrected chi connectivity index (χ2v) is 8.33. The molecule has 1 aliphatic heterocycles. The van der Waals surface area contributed by atoms with E-state index in [4.69, 9.17) is 0 Å². The highest BCUT2D eigenvalue weighted by Crippen LogP contribution is 2.34. The van der Waals surface area contributed by atoms with Crippen LogP contribution in [0, 0.1) is 5.92 Å². The van der Waals surface area contributed by atoms with Crippen molar-refractivity contribution in [3.63, 3.8) is 0 Å². The largest absolute Gasteiger partial charge is 0.325 e. The number of hydrogen-bond acceptors (Lipinski definition) is 5. The van der Waals surface area contributed by atoms with E-state index in [0.717, 1.165) is 4.90 Å². The molecule has 24 heavy (non-hydrogen) atoms. The number of sulfonamides is 1. The van der Waals surface area contributed by atoms with Crippen LogP contribution in [0.15, 0.2) is 52.4 Å². The van der Waals surface area contributed by atoms with Gasteiger partial charge in [0, 0.05) is 22.8 Å². The number of anilines is 1. The molecule has 0 aliphatic carbocycles. The third kappa shape index (κ3) is 3.77. The Morgan fingerprint density at radius 1 is 1.33 bits per heavy atom. The summed E-state index contributed by atoms with van der Waals surface area (Å²) in [5, 5.41) is 2.79. The van der Waals surface area contributed by atoms with Gasteiger partial charge in [0.2, 0.25) is 15.9 Å². The van der Waals surface area contributed by atoms with Gasteiger partial charge in [-0.3, -0.25) is 9.78 Å². The smallest absolute Gasteiger partial charge is 0.240 e. The van der Waals surface area contributed by atoms with Gasteiger partial charge in [0.1, 0.15) is 0 Å². The highest BCUT2D eigenvalue weighted by molar-refractivity contribution is 7.99. The molecule has 2 heterocycles. The first kappa shape index (κ1) is 16.9. The first-order valence-corrected chi connectivity index (χ1v) is 9.90. The molecule has 1 aromatic carbocycles. The topological polar surface area (TPSA) is 88.2 Å². The Balaban J connectivity index is 1.81. The molecule has 6 nitrogen and oxygen atoms in total. The molecular formula is C16H17N3O3S2. The standard InChI is InChI=1S/C16H17N3O3S2/c1-11-10-23-15-6-5-13(8-14(15)19-16(11)20)24(21,22)18-9-12-4-2-3-7-17-12/h2-8,11,18H,9-10H2,1H3,(H,19,20). The van der Waals surface area contributed by atoms with E-state index in [0.29, 0.717) is 17.1 Å². The van der Waals surface area contributed by atoms with Gasteiger partial charge in [-0.15, -0.1) is 11.8 Å². The first-order chi connectivity index (χ1) is 11.5. The number of nitrogens with zero attached hydrogens (tertiary/aromatic N) is 1. The van der Waals surface area contributed by atoms with Crippen LogP contribution in [0.4, 0.5) is 5.69 Å². The molecule has 2 aromatic rings. The Kier molecular flexibility index (Phi) is 4.88. The quantitative estimate of drug-likeness (QED) is 0.870. The molecule has 0 saturated heterocycles. The molecular weight excluding hydrogens is 346 g/mol. The van der Waals surface area contributed by atoms with Crippen molar-refractivity contribution in [3.05, 3.63) is 48.3 Å². The normalized spacial score (nSPS) is 17.7. The van der Waals surface area contributed by atoms with E-state index in [9.17, 15) is 13.2 Å². The molecule has 126 valence electrons. The van der Waals surface area contributed by atoms with E-state index in [-0.39, 0.29) is 23.3 Å². The molecule has 0 saturated carbocycles. The summed E-state index contributed by atoms with van der Waals surface area (Å²) in [4.78, 5) is 17.0. The lowest BCUT2D eigenvalue weighted by Crippen LogP contribution is -2.24. The average molecular weight is 363 g/mol. The molecule has 1 amide bonds. The summed E-state index contributed by atoms with van der Waals surface area (Å²) in [6, 6.07) is 10.1. The lowest BCUT2D eigenvalue weighted by Gasteiger charge is -2.11. The summed E-state index contributed by atoms with van der Waals surface area (Å²) in [6.07, 6.45) is 1.61. The van der Waals surface area contributed by atoms with Crippen LogP contribution in [-0.4, -0.2) is 25.1 Å². The number of pyridine rings is 1. The predicted octanol–water partition coefficient (Wildman–Crippen LogP) is 2.24.